The summed E-state index contributed by atoms with van der Waals surface area (Å²) >= 11 is 0. The van der Waals surface area contributed by atoms with E-state index < -0.39 is 11.8 Å². The van der Waals surface area contributed by atoms with Crippen LogP contribution >= 0.6 is 0 Å². The molecule has 3 amide bonds. The fourth-order valence-electron chi connectivity index (χ4n) is 8.25. The Morgan fingerprint density at radius 3 is 2.53 bits per heavy atom. The Morgan fingerprint density at radius 2 is 1.78 bits per heavy atom. The van der Waals surface area contributed by atoms with Crippen molar-refractivity contribution >= 4 is 46.0 Å². The number of aromatic nitrogens is 3. The van der Waals surface area contributed by atoms with Crippen molar-refractivity contribution in [2.24, 2.45) is 11.7 Å². The normalized spacial score (nSPS) is 21.9. The zero-order valence-corrected chi connectivity index (χ0v) is 27.6. The van der Waals surface area contributed by atoms with Crippen LogP contribution in [0.1, 0.15) is 89.7 Å². The first-order valence-electron chi connectivity index (χ1n) is 17.6. The van der Waals surface area contributed by atoms with Gasteiger partial charge in [0.05, 0.1) is 12.1 Å². The lowest BCUT2D eigenvalue weighted by Gasteiger charge is -2.33. The van der Waals surface area contributed by atoms with E-state index in [2.05, 4.69) is 48.8 Å². The van der Waals surface area contributed by atoms with E-state index in [9.17, 15) is 14.4 Å². The standard InChI is InChI=1S/C37H42N8O4/c38-35(47)33-36(41-30(20-39-33)45-14-2-1-3-15-45)40-26-7-4-23(5-8-26)24-12-16-44(17-13-24)21-22-18-25-6-9-27-32(43-49-34(27)29(25)19-22)28-10-11-31(46)42-37(28)48/h4-9,20,22,24,28H,1-3,10-19,21H2,(H2,38,47)(H,40,41)(H,42,46,48)/t22-,28?/m0/s1. The summed E-state index contributed by atoms with van der Waals surface area (Å²) in [5.74, 6) is 0.593. The number of carbonyl (C=O) groups is 3. The van der Waals surface area contributed by atoms with Crippen molar-refractivity contribution in [1.29, 1.82) is 0 Å². The topological polar surface area (TPSA) is 160 Å². The molecule has 2 aromatic carbocycles. The first-order valence-corrected chi connectivity index (χ1v) is 17.6. The Kier molecular flexibility index (Phi) is 8.48. The molecule has 1 unspecified atom stereocenters. The molecule has 0 spiro atoms. The van der Waals surface area contributed by atoms with Crippen LogP contribution in [0.4, 0.5) is 17.3 Å². The minimum absolute atomic E-state index is 0.143. The van der Waals surface area contributed by atoms with Crippen molar-refractivity contribution in [2.75, 3.05) is 42.9 Å². The lowest BCUT2D eigenvalue weighted by Crippen LogP contribution is -2.39. The Bertz CT molecular complexity index is 1890. The largest absolute Gasteiger partial charge is 0.364 e. The number of nitrogens with zero attached hydrogens (tertiary/aromatic N) is 5. The third kappa shape index (κ3) is 6.37. The smallest absolute Gasteiger partial charge is 0.271 e. The molecule has 3 aliphatic heterocycles. The Balaban J connectivity index is 0.867. The van der Waals surface area contributed by atoms with Gasteiger partial charge < -0.3 is 25.4 Å². The molecule has 12 nitrogen and oxygen atoms in total. The number of hydrogen-bond donors (Lipinski definition) is 3. The molecule has 4 aliphatic rings. The fourth-order valence-corrected chi connectivity index (χ4v) is 8.25. The Morgan fingerprint density at radius 1 is 0.980 bits per heavy atom. The molecule has 0 bridgehead atoms. The predicted molar refractivity (Wildman–Crippen MR) is 185 cm³/mol. The molecular weight excluding hydrogens is 620 g/mol. The third-order valence-corrected chi connectivity index (χ3v) is 10.9. The van der Waals surface area contributed by atoms with Crippen LogP contribution in [-0.2, 0) is 22.4 Å². The van der Waals surface area contributed by atoms with Crippen molar-refractivity contribution in [3.8, 4) is 0 Å². The first-order chi connectivity index (χ1) is 23.9. The van der Waals surface area contributed by atoms with Gasteiger partial charge in [-0.1, -0.05) is 23.4 Å². The summed E-state index contributed by atoms with van der Waals surface area (Å²) in [6.45, 7) is 5.02. The number of carbonyl (C=O) groups excluding carboxylic acids is 3. The molecule has 3 saturated heterocycles. The van der Waals surface area contributed by atoms with Gasteiger partial charge >= 0.3 is 0 Å². The van der Waals surface area contributed by atoms with Crippen LogP contribution in [0.5, 0.6) is 0 Å². The van der Waals surface area contributed by atoms with Gasteiger partial charge in [0.1, 0.15) is 11.5 Å². The van der Waals surface area contributed by atoms with Gasteiger partial charge in [-0.15, -0.1) is 0 Å². The van der Waals surface area contributed by atoms with Crippen molar-refractivity contribution in [1.82, 2.24) is 25.3 Å². The van der Waals surface area contributed by atoms with Gasteiger partial charge in [0.15, 0.2) is 17.1 Å². The number of piperidine rings is 3. The summed E-state index contributed by atoms with van der Waals surface area (Å²) in [7, 11) is 0. The molecule has 1 aliphatic carbocycles. The van der Waals surface area contributed by atoms with Gasteiger partial charge in [-0.25, -0.2) is 9.97 Å². The number of imide groups is 1. The van der Waals surface area contributed by atoms with E-state index in [1.807, 2.05) is 18.2 Å². The molecule has 4 aromatic rings. The van der Waals surface area contributed by atoms with E-state index >= 15 is 0 Å². The number of nitrogens with one attached hydrogen (secondary N) is 2. The maximum absolute atomic E-state index is 12.5. The monoisotopic (exact) mass is 662 g/mol. The Hall–Kier alpha value is -4.84. The summed E-state index contributed by atoms with van der Waals surface area (Å²) in [6.07, 6.45) is 10.1. The third-order valence-electron chi connectivity index (χ3n) is 10.9. The van der Waals surface area contributed by atoms with E-state index in [4.69, 9.17) is 15.2 Å². The number of primary amides is 1. The average Bonchev–Trinajstić information content (AvgIpc) is 3.73. The number of nitrogens with two attached hydrogens (primary N) is 1. The minimum atomic E-state index is -0.602. The zero-order chi connectivity index (χ0) is 33.5. The van der Waals surface area contributed by atoms with Gasteiger partial charge in [0.25, 0.3) is 5.91 Å². The molecule has 49 heavy (non-hydrogen) atoms. The van der Waals surface area contributed by atoms with Crippen molar-refractivity contribution < 1.29 is 18.9 Å². The molecule has 2 aromatic heterocycles. The van der Waals surface area contributed by atoms with E-state index in [-0.39, 0.29) is 17.5 Å². The molecule has 4 N–H and O–H groups in total. The van der Waals surface area contributed by atoms with E-state index in [0.717, 1.165) is 93.7 Å². The predicted octanol–water partition coefficient (Wildman–Crippen LogP) is 4.57. The van der Waals surface area contributed by atoms with Gasteiger partial charge in [0, 0.05) is 42.7 Å². The van der Waals surface area contributed by atoms with Crippen LogP contribution in [0.25, 0.3) is 11.0 Å². The van der Waals surface area contributed by atoms with Crippen LogP contribution < -0.4 is 21.3 Å². The van der Waals surface area contributed by atoms with Gasteiger partial charge in [-0.2, -0.15) is 0 Å². The van der Waals surface area contributed by atoms with Crippen LogP contribution in [-0.4, -0.2) is 70.5 Å². The van der Waals surface area contributed by atoms with Crippen molar-refractivity contribution in [3.63, 3.8) is 0 Å². The summed E-state index contributed by atoms with van der Waals surface area (Å²) in [4.78, 5) is 50.2. The number of hydrogen-bond acceptors (Lipinski definition) is 10. The number of amides is 3. The maximum atomic E-state index is 12.5. The van der Waals surface area contributed by atoms with Crippen molar-refractivity contribution in [3.05, 3.63) is 70.7 Å². The van der Waals surface area contributed by atoms with Gasteiger partial charge in [-0.05, 0) is 106 Å². The summed E-state index contributed by atoms with van der Waals surface area (Å²) in [5.41, 5.74) is 11.9. The Labute approximate surface area is 284 Å². The molecule has 3 fully saturated rings. The fraction of sp³-hybridized carbons (Fsp3) is 0.459. The van der Waals surface area contributed by atoms with Gasteiger partial charge in [-0.3, -0.25) is 19.7 Å². The van der Waals surface area contributed by atoms with E-state index in [0.29, 0.717) is 36.2 Å². The van der Waals surface area contributed by atoms with Crippen LogP contribution in [0.15, 0.2) is 47.1 Å². The molecule has 2 atom stereocenters. The second-order valence-corrected chi connectivity index (χ2v) is 14.1. The SMILES string of the molecule is NC(=O)c1ncc(N2CCCCC2)nc1Nc1ccc(C2CCN(C[C@H]3Cc4ccc5c(C6CCC(=O)NC6=O)noc5c4C3)CC2)cc1. The highest BCUT2D eigenvalue weighted by atomic mass is 16.5. The number of rotatable bonds is 8. The van der Waals surface area contributed by atoms with Crippen LogP contribution in [0, 0.1) is 5.92 Å². The van der Waals surface area contributed by atoms with E-state index in [1.54, 1.807) is 6.20 Å². The summed E-state index contributed by atoms with van der Waals surface area (Å²) in [6, 6.07) is 12.7. The molecular formula is C37H42N8O4. The first kappa shape index (κ1) is 31.4. The molecule has 0 saturated carbocycles. The highest BCUT2D eigenvalue weighted by Crippen LogP contribution is 2.38. The molecule has 5 heterocycles. The lowest BCUT2D eigenvalue weighted by atomic mass is 9.89. The van der Waals surface area contributed by atoms with Gasteiger partial charge in [0.2, 0.25) is 11.8 Å². The molecule has 12 heteroatoms. The van der Waals surface area contributed by atoms with Crippen molar-refractivity contribution in [2.45, 2.75) is 69.6 Å². The van der Waals surface area contributed by atoms with E-state index in [1.165, 1.54) is 23.1 Å². The number of benzene rings is 2. The average molecular weight is 663 g/mol. The van der Waals surface area contributed by atoms with Crippen LogP contribution in [0.3, 0.4) is 0 Å². The van der Waals surface area contributed by atoms with Crippen LogP contribution in [0.2, 0.25) is 0 Å². The second kappa shape index (κ2) is 13.2. The second-order valence-electron chi connectivity index (χ2n) is 14.1. The molecule has 254 valence electrons. The molecule has 0 radical (unpaired) electrons. The highest BCUT2D eigenvalue weighted by Gasteiger charge is 2.34. The highest BCUT2D eigenvalue weighted by molar-refractivity contribution is 6.02. The summed E-state index contributed by atoms with van der Waals surface area (Å²) in [5, 5.41) is 11.0. The number of anilines is 3. The minimum Gasteiger partial charge on any atom is -0.364 e. The lowest BCUT2D eigenvalue weighted by molar-refractivity contribution is -0.134. The number of likely N-dealkylation sites (tertiary alicyclic amines) is 1. The number of fused-ring (bicyclic) bond motifs is 3. The summed E-state index contributed by atoms with van der Waals surface area (Å²) < 4.78 is 5.85. The quantitative estimate of drug-likeness (QED) is 0.228. The zero-order valence-electron chi connectivity index (χ0n) is 27.6. The maximum Gasteiger partial charge on any atom is 0.271 e. The molecule has 8 rings (SSSR count).